The number of benzene rings is 1. The summed E-state index contributed by atoms with van der Waals surface area (Å²) < 4.78 is 0. The van der Waals surface area contributed by atoms with Crippen LogP contribution >= 0.6 is 0 Å². The average molecular weight is 301 g/mol. The molecule has 1 aromatic rings. The summed E-state index contributed by atoms with van der Waals surface area (Å²) in [6, 6.07) is 6.81. The summed E-state index contributed by atoms with van der Waals surface area (Å²) in [6.45, 7) is 0. The topological polar surface area (TPSA) is 80.4 Å². The molecule has 0 radical (unpaired) electrons. The van der Waals surface area contributed by atoms with Gasteiger partial charge in [0.05, 0.1) is 10.3 Å². The Hall–Kier alpha value is -1.91. The van der Waals surface area contributed by atoms with Gasteiger partial charge in [-0.2, -0.15) is 0 Å². The third-order valence-corrected chi connectivity index (χ3v) is 6.21. The highest BCUT2D eigenvalue weighted by Gasteiger charge is 2.61. The molecule has 0 heterocycles. The highest BCUT2D eigenvalue weighted by atomic mass is 16.6. The van der Waals surface area contributed by atoms with Crippen molar-refractivity contribution in [1.82, 2.24) is 0 Å². The van der Waals surface area contributed by atoms with E-state index in [0.29, 0.717) is 18.3 Å². The fourth-order valence-corrected chi connectivity index (χ4v) is 5.79. The molecule has 1 N–H and O–H groups in total. The van der Waals surface area contributed by atoms with Gasteiger partial charge in [-0.3, -0.25) is 14.9 Å². The molecule has 0 spiro atoms. The molecule has 5 heteroatoms. The second kappa shape index (κ2) is 4.31. The lowest BCUT2D eigenvalue weighted by atomic mass is 9.43. The van der Waals surface area contributed by atoms with Crippen molar-refractivity contribution in [2.75, 3.05) is 0 Å². The largest absolute Gasteiger partial charge is 0.481 e. The lowest BCUT2D eigenvalue weighted by molar-refractivity contribution is -0.384. The molecule has 0 aliphatic heterocycles. The van der Waals surface area contributed by atoms with E-state index < -0.39 is 11.4 Å². The van der Waals surface area contributed by atoms with Crippen LogP contribution in [-0.2, 0) is 10.2 Å². The minimum Gasteiger partial charge on any atom is -0.481 e. The van der Waals surface area contributed by atoms with E-state index in [1.165, 1.54) is 0 Å². The minimum absolute atomic E-state index is 0.0857. The second-order valence-corrected chi connectivity index (χ2v) is 7.63. The number of nitro benzene ring substituents is 1. The number of hydrogen-bond acceptors (Lipinski definition) is 3. The summed E-state index contributed by atoms with van der Waals surface area (Å²) in [7, 11) is 0. The van der Waals surface area contributed by atoms with Crippen LogP contribution in [0.2, 0.25) is 0 Å². The van der Waals surface area contributed by atoms with Crippen LogP contribution in [0.5, 0.6) is 0 Å². The van der Waals surface area contributed by atoms with E-state index in [4.69, 9.17) is 0 Å². The van der Waals surface area contributed by atoms with E-state index in [2.05, 4.69) is 0 Å². The molecule has 0 aromatic heterocycles. The van der Waals surface area contributed by atoms with Gasteiger partial charge in [-0.1, -0.05) is 12.1 Å². The summed E-state index contributed by atoms with van der Waals surface area (Å²) >= 11 is 0. The van der Waals surface area contributed by atoms with Crippen molar-refractivity contribution < 1.29 is 14.8 Å². The van der Waals surface area contributed by atoms with Gasteiger partial charge in [-0.25, -0.2) is 0 Å². The Morgan fingerprint density at radius 2 is 1.73 bits per heavy atom. The molecule has 5 nitrogen and oxygen atoms in total. The summed E-state index contributed by atoms with van der Waals surface area (Å²) in [5.74, 6) is 0.341. The van der Waals surface area contributed by atoms with Crippen LogP contribution in [0.1, 0.15) is 44.1 Å². The van der Waals surface area contributed by atoms with E-state index in [1.54, 1.807) is 12.1 Å². The number of nitro groups is 1. The number of carbonyl (C=O) groups is 1. The Morgan fingerprint density at radius 1 is 1.14 bits per heavy atom. The number of aliphatic carboxylic acids is 1. The smallest absolute Gasteiger partial charge is 0.309 e. The molecule has 4 aliphatic carbocycles. The van der Waals surface area contributed by atoms with Crippen LogP contribution in [0, 0.1) is 27.4 Å². The first-order valence-electron chi connectivity index (χ1n) is 7.91. The summed E-state index contributed by atoms with van der Waals surface area (Å²) in [5, 5.41) is 20.6. The molecule has 4 fully saturated rings. The minimum atomic E-state index is -0.645. The zero-order valence-electron chi connectivity index (χ0n) is 12.3. The zero-order valence-corrected chi connectivity index (χ0v) is 12.3. The molecule has 2 unspecified atom stereocenters. The van der Waals surface area contributed by atoms with Crippen molar-refractivity contribution in [2.24, 2.45) is 17.3 Å². The highest BCUT2D eigenvalue weighted by molar-refractivity contribution is 5.76. The van der Waals surface area contributed by atoms with Gasteiger partial charge in [-0.15, -0.1) is 0 Å². The first-order valence-corrected chi connectivity index (χ1v) is 7.91. The molecule has 5 rings (SSSR count). The summed E-state index contributed by atoms with van der Waals surface area (Å²) in [4.78, 5) is 22.3. The lowest BCUT2D eigenvalue weighted by Gasteiger charge is -2.60. The summed E-state index contributed by atoms with van der Waals surface area (Å²) in [6.07, 6.45) is 5.55. The first kappa shape index (κ1) is 13.7. The molecule has 0 amide bonds. The van der Waals surface area contributed by atoms with Gasteiger partial charge in [0.25, 0.3) is 5.69 Å². The quantitative estimate of drug-likeness (QED) is 0.684. The van der Waals surface area contributed by atoms with E-state index in [1.807, 2.05) is 12.1 Å². The van der Waals surface area contributed by atoms with Crippen LogP contribution in [0.15, 0.2) is 24.3 Å². The third kappa shape index (κ3) is 1.81. The molecule has 2 atom stereocenters. The number of nitrogens with zero attached hydrogens (tertiary/aromatic N) is 1. The fraction of sp³-hybridized carbons (Fsp3) is 0.588. The van der Waals surface area contributed by atoms with Crippen molar-refractivity contribution in [2.45, 2.75) is 43.9 Å². The molecule has 4 saturated carbocycles. The Morgan fingerprint density at radius 3 is 2.23 bits per heavy atom. The Balaban J connectivity index is 1.74. The standard InChI is InChI=1S/C17H19NO4/c19-15(20)17-8-11-5-12(9-17)7-16(6-11,10-17)13-1-3-14(4-2-13)18(21)22/h1-4,11-12H,5-10H2,(H,19,20). The van der Waals surface area contributed by atoms with E-state index in [0.717, 1.165) is 37.7 Å². The first-order chi connectivity index (χ1) is 10.4. The molecule has 4 aliphatic rings. The molecular weight excluding hydrogens is 282 g/mol. The van der Waals surface area contributed by atoms with Crippen molar-refractivity contribution in [1.29, 1.82) is 0 Å². The van der Waals surface area contributed by atoms with Crippen LogP contribution in [0.25, 0.3) is 0 Å². The fourth-order valence-electron chi connectivity index (χ4n) is 5.79. The van der Waals surface area contributed by atoms with Crippen LogP contribution in [-0.4, -0.2) is 16.0 Å². The van der Waals surface area contributed by atoms with Gasteiger partial charge in [0, 0.05) is 12.1 Å². The van der Waals surface area contributed by atoms with E-state index in [-0.39, 0.29) is 16.0 Å². The van der Waals surface area contributed by atoms with Gasteiger partial charge in [0.15, 0.2) is 0 Å². The number of rotatable bonds is 3. The molecular formula is C17H19NO4. The maximum atomic E-state index is 11.9. The molecule has 22 heavy (non-hydrogen) atoms. The number of hydrogen-bond donors (Lipinski definition) is 1. The van der Waals surface area contributed by atoms with Gasteiger partial charge < -0.3 is 5.11 Å². The molecule has 0 saturated heterocycles. The number of carboxylic acid groups (broad SMARTS) is 1. The van der Waals surface area contributed by atoms with Gasteiger partial charge in [0.2, 0.25) is 0 Å². The maximum absolute atomic E-state index is 11.9. The Labute approximate surface area is 128 Å². The highest BCUT2D eigenvalue weighted by Crippen LogP contribution is 2.65. The van der Waals surface area contributed by atoms with Crippen LogP contribution < -0.4 is 0 Å². The Kier molecular flexibility index (Phi) is 2.69. The van der Waals surface area contributed by atoms with Crippen molar-refractivity contribution >= 4 is 11.7 Å². The van der Waals surface area contributed by atoms with Crippen LogP contribution in [0.3, 0.4) is 0 Å². The van der Waals surface area contributed by atoms with Crippen molar-refractivity contribution in [3.05, 3.63) is 39.9 Å². The Bertz CT molecular complexity index is 637. The van der Waals surface area contributed by atoms with Crippen molar-refractivity contribution in [3.8, 4) is 0 Å². The van der Waals surface area contributed by atoms with Gasteiger partial charge >= 0.3 is 5.97 Å². The van der Waals surface area contributed by atoms with Gasteiger partial charge in [0.1, 0.15) is 0 Å². The SMILES string of the molecule is O=C(O)C12CC3CC(C1)CC(c1ccc([N+](=O)[O-])cc1)(C3)C2. The third-order valence-electron chi connectivity index (χ3n) is 6.21. The number of carboxylic acids is 1. The predicted octanol–water partition coefficient (Wildman–Crippen LogP) is 3.52. The molecule has 4 bridgehead atoms. The molecule has 116 valence electrons. The second-order valence-electron chi connectivity index (χ2n) is 7.63. The monoisotopic (exact) mass is 301 g/mol. The maximum Gasteiger partial charge on any atom is 0.309 e. The summed E-state index contributed by atoms with van der Waals surface area (Å²) in [5.41, 5.74) is 0.544. The van der Waals surface area contributed by atoms with Gasteiger partial charge in [-0.05, 0) is 61.3 Å². The average Bonchev–Trinajstić information content (AvgIpc) is 2.46. The van der Waals surface area contributed by atoms with Crippen molar-refractivity contribution in [3.63, 3.8) is 0 Å². The van der Waals surface area contributed by atoms with Crippen LogP contribution in [0.4, 0.5) is 5.69 Å². The molecule has 1 aromatic carbocycles. The van der Waals surface area contributed by atoms with E-state index in [9.17, 15) is 20.0 Å². The normalized spacial score (nSPS) is 38.9. The number of non-ortho nitro benzene ring substituents is 1. The lowest BCUT2D eigenvalue weighted by Crippen LogP contribution is -2.56. The van der Waals surface area contributed by atoms with E-state index >= 15 is 0 Å². The predicted molar refractivity (Wildman–Crippen MR) is 79.5 cm³/mol. The zero-order chi connectivity index (χ0) is 15.5.